The zero-order valence-electron chi connectivity index (χ0n) is 29.2. The minimum atomic E-state index is -0.917. The van der Waals surface area contributed by atoms with E-state index >= 15 is 0 Å². The Hall–Kier alpha value is -4.99. The van der Waals surface area contributed by atoms with Crippen molar-refractivity contribution in [3.63, 3.8) is 0 Å². The van der Waals surface area contributed by atoms with Crippen molar-refractivity contribution in [2.24, 2.45) is 0 Å². The van der Waals surface area contributed by atoms with E-state index in [0.717, 1.165) is 23.8 Å². The van der Waals surface area contributed by atoms with Gasteiger partial charge < -0.3 is 33.7 Å². The van der Waals surface area contributed by atoms with Gasteiger partial charge in [0, 0.05) is 29.6 Å². The summed E-state index contributed by atoms with van der Waals surface area (Å²) in [5.74, 6) is 2.38. The van der Waals surface area contributed by atoms with Crippen LogP contribution in [0, 0.1) is 0 Å². The second kappa shape index (κ2) is 19.1. The van der Waals surface area contributed by atoms with Crippen molar-refractivity contribution in [1.82, 2.24) is 10.3 Å². The Bertz CT molecular complexity index is 1660. The third kappa shape index (κ3) is 10.5. The number of carbonyl (C=O) groups is 2. The van der Waals surface area contributed by atoms with Gasteiger partial charge >= 0.3 is 5.97 Å². The summed E-state index contributed by atoms with van der Waals surface area (Å²) in [6, 6.07) is 16.8. The van der Waals surface area contributed by atoms with Crippen LogP contribution in [0.3, 0.4) is 0 Å². The van der Waals surface area contributed by atoms with Crippen LogP contribution in [0.2, 0.25) is 0 Å². The number of pyridine rings is 1. The number of carbonyl (C=O) groups excluding carboxylic acids is 2. The average molecular weight is 673 g/mol. The van der Waals surface area contributed by atoms with Crippen LogP contribution < -0.4 is 29.0 Å². The molecule has 3 aromatic carbocycles. The molecule has 49 heavy (non-hydrogen) atoms. The van der Waals surface area contributed by atoms with Crippen LogP contribution in [0.4, 0.5) is 0 Å². The second-order valence-corrected chi connectivity index (χ2v) is 11.7. The summed E-state index contributed by atoms with van der Waals surface area (Å²) in [7, 11) is 6.01. The highest BCUT2D eigenvalue weighted by atomic mass is 16.5. The Morgan fingerprint density at radius 2 is 1.39 bits per heavy atom. The standard InChI is InChI=1S/C39H48N2O8/c1-6-7-8-9-10-11-12-13-22-48-37-24-28(16-19-34(37)44-2)38(42)41-32(39(43)47-5)23-27-14-17-29(18-15-27)49-33-20-21-40-31-26-36(46-4)35(45-3)25-30(31)33/h14-21,24-26,32H,6-13,22-23H2,1-5H3,(H,41,42). The molecular weight excluding hydrogens is 624 g/mol. The van der Waals surface area contributed by atoms with Gasteiger partial charge in [-0.2, -0.15) is 0 Å². The molecule has 1 aromatic heterocycles. The number of methoxy groups -OCH3 is 4. The predicted octanol–water partition coefficient (Wildman–Crippen LogP) is 8.09. The van der Waals surface area contributed by atoms with Crippen LogP contribution in [0.5, 0.6) is 34.5 Å². The van der Waals surface area contributed by atoms with Gasteiger partial charge in [-0.1, -0.05) is 64.0 Å². The van der Waals surface area contributed by atoms with Gasteiger partial charge in [0.05, 0.1) is 40.6 Å². The van der Waals surface area contributed by atoms with Crippen LogP contribution in [0.15, 0.2) is 66.9 Å². The van der Waals surface area contributed by atoms with Crippen LogP contribution in [0.25, 0.3) is 10.9 Å². The number of aromatic nitrogens is 1. The number of benzene rings is 3. The summed E-state index contributed by atoms with van der Waals surface area (Å²) in [6.07, 6.45) is 11.5. The van der Waals surface area contributed by atoms with E-state index in [4.69, 9.17) is 28.4 Å². The Morgan fingerprint density at radius 3 is 2.06 bits per heavy atom. The van der Waals surface area contributed by atoms with Gasteiger partial charge in [-0.05, 0) is 54.4 Å². The molecule has 1 heterocycles. The van der Waals surface area contributed by atoms with Crippen LogP contribution in [-0.4, -0.2) is 57.9 Å². The third-order valence-corrected chi connectivity index (χ3v) is 8.27. The number of hydrogen-bond donors (Lipinski definition) is 1. The normalized spacial score (nSPS) is 11.4. The molecule has 0 spiro atoms. The fraction of sp³-hybridized carbons (Fsp3) is 0.410. The molecule has 1 amide bonds. The van der Waals surface area contributed by atoms with E-state index in [1.54, 1.807) is 70.0 Å². The molecule has 262 valence electrons. The van der Waals surface area contributed by atoms with Crippen molar-refractivity contribution >= 4 is 22.8 Å². The Kier molecular flexibility index (Phi) is 14.4. The summed E-state index contributed by atoms with van der Waals surface area (Å²) in [6.45, 7) is 2.75. The first kappa shape index (κ1) is 36.8. The molecule has 4 rings (SSSR count). The van der Waals surface area contributed by atoms with Gasteiger partial charge in [-0.25, -0.2) is 4.79 Å². The molecule has 0 saturated heterocycles. The van der Waals surface area contributed by atoms with Crippen molar-refractivity contribution in [2.45, 2.75) is 70.8 Å². The maximum Gasteiger partial charge on any atom is 0.328 e. The number of unbranched alkanes of at least 4 members (excludes halogenated alkanes) is 7. The number of amides is 1. The van der Waals surface area contributed by atoms with Gasteiger partial charge in [0.1, 0.15) is 17.5 Å². The molecule has 10 heteroatoms. The van der Waals surface area contributed by atoms with Crippen LogP contribution in [0.1, 0.15) is 74.2 Å². The first-order chi connectivity index (χ1) is 23.9. The van der Waals surface area contributed by atoms with E-state index in [-0.39, 0.29) is 6.42 Å². The van der Waals surface area contributed by atoms with E-state index < -0.39 is 17.9 Å². The minimum Gasteiger partial charge on any atom is -0.493 e. The molecular formula is C39H48N2O8. The van der Waals surface area contributed by atoms with E-state index in [1.165, 1.54) is 45.6 Å². The zero-order valence-corrected chi connectivity index (χ0v) is 29.2. The largest absolute Gasteiger partial charge is 0.493 e. The summed E-state index contributed by atoms with van der Waals surface area (Å²) in [4.78, 5) is 30.5. The van der Waals surface area contributed by atoms with E-state index in [9.17, 15) is 9.59 Å². The predicted molar refractivity (Wildman–Crippen MR) is 189 cm³/mol. The molecule has 0 aliphatic carbocycles. The maximum absolute atomic E-state index is 13.3. The molecule has 0 saturated carbocycles. The summed E-state index contributed by atoms with van der Waals surface area (Å²) < 4.78 is 33.5. The molecule has 0 bridgehead atoms. The van der Waals surface area contributed by atoms with Gasteiger partial charge in [0.2, 0.25) is 0 Å². The van der Waals surface area contributed by atoms with Crippen molar-refractivity contribution < 1.29 is 38.0 Å². The molecule has 1 unspecified atom stereocenters. The second-order valence-electron chi connectivity index (χ2n) is 11.7. The molecule has 10 nitrogen and oxygen atoms in total. The monoisotopic (exact) mass is 672 g/mol. The molecule has 1 atom stereocenters. The molecule has 0 fully saturated rings. The van der Waals surface area contributed by atoms with Crippen molar-refractivity contribution in [3.05, 3.63) is 78.0 Å². The van der Waals surface area contributed by atoms with Gasteiger partial charge in [-0.3, -0.25) is 9.78 Å². The molecule has 4 aromatic rings. The maximum atomic E-state index is 13.3. The van der Waals surface area contributed by atoms with E-state index in [1.807, 2.05) is 18.2 Å². The highest BCUT2D eigenvalue weighted by Gasteiger charge is 2.24. The lowest BCUT2D eigenvalue weighted by Gasteiger charge is -2.18. The lowest BCUT2D eigenvalue weighted by atomic mass is 10.0. The number of esters is 1. The van der Waals surface area contributed by atoms with Gasteiger partial charge in [-0.15, -0.1) is 0 Å². The minimum absolute atomic E-state index is 0.214. The van der Waals surface area contributed by atoms with Gasteiger partial charge in [0.25, 0.3) is 5.91 Å². The lowest BCUT2D eigenvalue weighted by Crippen LogP contribution is -2.43. The van der Waals surface area contributed by atoms with E-state index in [0.29, 0.717) is 52.2 Å². The molecule has 0 aliphatic rings. The number of rotatable bonds is 20. The SMILES string of the molecule is CCCCCCCCCCOc1cc(C(=O)NC(Cc2ccc(Oc3ccnc4cc(OC)c(OC)cc34)cc2)C(=O)OC)ccc1OC. The Balaban J connectivity index is 1.38. The summed E-state index contributed by atoms with van der Waals surface area (Å²) in [5.41, 5.74) is 1.85. The summed E-state index contributed by atoms with van der Waals surface area (Å²) in [5, 5.41) is 3.59. The number of nitrogens with one attached hydrogen (secondary N) is 1. The average Bonchev–Trinajstić information content (AvgIpc) is 3.13. The Labute approximate surface area is 289 Å². The number of nitrogens with zero attached hydrogens (tertiary/aromatic N) is 1. The highest BCUT2D eigenvalue weighted by Crippen LogP contribution is 2.37. The number of fused-ring (bicyclic) bond motifs is 1. The van der Waals surface area contributed by atoms with Crippen molar-refractivity contribution in [3.8, 4) is 34.5 Å². The highest BCUT2D eigenvalue weighted by molar-refractivity contribution is 5.97. The van der Waals surface area contributed by atoms with Crippen LogP contribution >= 0.6 is 0 Å². The van der Waals surface area contributed by atoms with Crippen molar-refractivity contribution in [2.75, 3.05) is 35.0 Å². The fourth-order valence-electron chi connectivity index (χ4n) is 5.52. The topological polar surface area (TPSA) is 114 Å². The number of hydrogen-bond acceptors (Lipinski definition) is 9. The number of ether oxygens (including phenoxy) is 6. The first-order valence-corrected chi connectivity index (χ1v) is 16.9. The zero-order chi connectivity index (χ0) is 35.0. The molecule has 0 radical (unpaired) electrons. The first-order valence-electron chi connectivity index (χ1n) is 16.9. The van der Waals surface area contributed by atoms with Crippen LogP contribution in [-0.2, 0) is 16.0 Å². The smallest absolute Gasteiger partial charge is 0.328 e. The lowest BCUT2D eigenvalue weighted by molar-refractivity contribution is -0.142. The molecule has 1 N–H and O–H groups in total. The van der Waals surface area contributed by atoms with Crippen molar-refractivity contribution in [1.29, 1.82) is 0 Å². The third-order valence-electron chi connectivity index (χ3n) is 8.27. The fourth-order valence-corrected chi connectivity index (χ4v) is 5.52. The Morgan fingerprint density at radius 1 is 0.714 bits per heavy atom. The summed E-state index contributed by atoms with van der Waals surface area (Å²) >= 11 is 0. The quantitative estimate of drug-likeness (QED) is 0.0735. The molecule has 0 aliphatic heterocycles. The van der Waals surface area contributed by atoms with E-state index in [2.05, 4.69) is 17.2 Å². The van der Waals surface area contributed by atoms with Gasteiger partial charge in [0.15, 0.2) is 23.0 Å².